The molecule has 0 unspecified atom stereocenters. The van der Waals surface area contributed by atoms with Gasteiger partial charge < -0.3 is 14.2 Å². The van der Waals surface area contributed by atoms with E-state index in [0.29, 0.717) is 23.5 Å². The minimum atomic E-state index is -0.593. The number of benzene rings is 1. The van der Waals surface area contributed by atoms with Crippen LogP contribution < -0.4 is 9.47 Å². The molecule has 0 bridgehead atoms. The second-order valence-corrected chi connectivity index (χ2v) is 4.11. The van der Waals surface area contributed by atoms with Crippen molar-refractivity contribution < 1.29 is 19.0 Å². The number of hydrogen-bond acceptors (Lipinski definition) is 5. The molecule has 2 rings (SSSR count). The average molecular weight is 273 g/mol. The minimum Gasteiger partial charge on any atom is -0.462 e. The lowest BCUT2D eigenvalue weighted by Crippen LogP contribution is -2.08. The maximum atomic E-state index is 11.8. The van der Waals surface area contributed by atoms with E-state index < -0.39 is 5.97 Å². The van der Waals surface area contributed by atoms with Gasteiger partial charge in [-0.15, -0.1) is 0 Å². The molecule has 0 radical (unpaired) electrons. The number of ether oxygens (including phenoxy) is 3. The lowest BCUT2D eigenvalue weighted by atomic mass is 9.97. The Morgan fingerprint density at radius 2 is 2.10 bits per heavy atom. The molecule has 0 saturated carbocycles. The van der Waals surface area contributed by atoms with Crippen LogP contribution in [0, 0.1) is 11.3 Å². The first-order chi connectivity index (χ1) is 9.71. The summed E-state index contributed by atoms with van der Waals surface area (Å²) in [5.74, 6) is 0.693. The Hall–Kier alpha value is -2.48. The fourth-order valence-electron chi connectivity index (χ4n) is 2.05. The summed E-state index contributed by atoms with van der Waals surface area (Å²) >= 11 is 0. The molecular formula is C15H15NO4. The van der Waals surface area contributed by atoms with Gasteiger partial charge >= 0.3 is 5.97 Å². The van der Waals surface area contributed by atoms with Crippen LogP contribution in [0.1, 0.15) is 25.8 Å². The van der Waals surface area contributed by atoms with Crippen molar-refractivity contribution in [3.8, 4) is 17.6 Å². The highest BCUT2D eigenvalue weighted by Gasteiger charge is 2.19. The molecule has 5 heteroatoms. The van der Waals surface area contributed by atoms with E-state index in [2.05, 4.69) is 0 Å². The SMILES string of the molecule is CCOC(=O)/C(C#N)=C(/CC)c1ccc2c(c1)OCO2. The molecule has 1 aromatic carbocycles. The quantitative estimate of drug-likeness (QED) is 0.479. The molecule has 0 atom stereocenters. The fraction of sp³-hybridized carbons (Fsp3) is 0.333. The Bertz CT molecular complexity index is 598. The smallest absolute Gasteiger partial charge is 0.349 e. The van der Waals surface area contributed by atoms with Crippen LogP contribution in [0.15, 0.2) is 23.8 Å². The monoisotopic (exact) mass is 273 g/mol. The van der Waals surface area contributed by atoms with E-state index in [1.165, 1.54) is 0 Å². The molecule has 5 nitrogen and oxygen atoms in total. The molecule has 1 aliphatic rings. The molecule has 0 aliphatic carbocycles. The molecule has 0 amide bonds. The van der Waals surface area contributed by atoms with Crippen LogP contribution in [-0.4, -0.2) is 19.4 Å². The summed E-state index contributed by atoms with van der Waals surface area (Å²) in [5.41, 5.74) is 1.44. The third kappa shape index (κ3) is 2.59. The van der Waals surface area contributed by atoms with Crippen LogP contribution in [0.2, 0.25) is 0 Å². The Morgan fingerprint density at radius 1 is 1.35 bits per heavy atom. The van der Waals surface area contributed by atoms with E-state index in [0.717, 1.165) is 5.56 Å². The normalized spacial score (nSPS) is 13.4. The number of rotatable bonds is 4. The van der Waals surface area contributed by atoms with Gasteiger partial charge in [0.05, 0.1) is 6.61 Å². The molecule has 0 fully saturated rings. The number of carbonyl (C=O) groups excluding carboxylic acids is 1. The maximum Gasteiger partial charge on any atom is 0.349 e. The van der Waals surface area contributed by atoms with Gasteiger partial charge in [-0.3, -0.25) is 0 Å². The topological polar surface area (TPSA) is 68.6 Å². The summed E-state index contributed by atoms with van der Waals surface area (Å²) < 4.78 is 15.5. The lowest BCUT2D eigenvalue weighted by molar-refractivity contribution is -0.137. The van der Waals surface area contributed by atoms with E-state index >= 15 is 0 Å². The minimum absolute atomic E-state index is 0.0354. The first-order valence-corrected chi connectivity index (χ1v) is 6.41. The molecular weight excluding hydrogens is 258 g/mol. The number of carbonyl (C=O) groups is 1. The lowest BCUT2D eigenvalue weighted by Gasteiger charge is -2.09. The average Bonchev–Trinajstić information content (AvgIpc) is 2.92. The van der Waals surface area contributed by atoms with E-state index in [4.69, 9.17) is 14.2 Å². The molecule has 1 aliphatic heterocycles. The van der Waals surface area contributed by atoms with Crippen molar-refractivity contribution in [2.45, 2.75) is 20.3 Å². The highest BCUT2D eigenvalue weighted by molar-refractivity contribution is 6.01. The van der Waals surface area contributed by atoms with Gasteiger partial charge in [0.2, 0.25) is 6.79 Å². The maximum absolute atomic E-state index is 11.8. The summed E-state index contributed by atoms with van der Waals surface area (Å²) in [6.07, 6.45) is 0.543. The molecule has 0 aromatic heterocycles. The van der Waals surface area contributed by atoms with Crippen molar-refractivity contribution in [3.63, 3.8) is 0 Å². The van der Waals surface area contributed by atoms with E-state index in [1.54, 1.807) is 19.1 Å². The van der Waals surface area contributed by atoms with Crippen molar-refractivity contribution in [3.05, 3.63) is 29.3 Å². The van der Waals surface area contributed by atoms with Crippen LogP contribution in [-0.2, 0) is 9.53 Å². The Labute approximate surface area is 117 Å². The molecule has 0 N–H and O–H groups in total. The third-order valence-corrected chi connectivity index (χ3v) is 2.97. The molecule has 1 heterocycles. The molecule has 104 valence electrons. The zero-order valence-corrected chi connectivity index (χ0v) is 11.4. The summed E-state index contributed by atoms with van der Waals surface area (Å²) in [7, 11) is 0. The number of nitrogens with zero attached hydrogens (tertiary/aromatic N) is 1. The van der Waals surface area contributed by atoms with Crippen LogP contribution in [0.25, 0.3) is 5.57 Å². The van der Waals surface area contributed by atoms with Crippen molar-refractivity contribution in [2.75, 3.05) is 13.4 Å². The number of nitriles is 1. The van der Waals surface area contributed by atoms with Gasteiger partial charge in [-0.1, -0.05) is 13.0 Å². The van der Waals surface area contributed by atoms with Crippen LogP contribution in [0.4, 0.5) is 0 Å². The summed E-state index contributed by atoms with van der Waals surface area (Å²) in [5, 5.41) is 9.21. The van der Waals surface area contributed by atoms with Crippen molar-refractivity contribution in [2.24, 2.45) is 0 Å². The van der Waals surface area contributed by atoms with Gasteiger partial charge in [-0.25, -0.2) is 4.79 Å². The van der Waals surface area contributed by atoms with E-state index in [1.807, 2.05) is 19.1 Å². The van der Waals surface area contributed by atoms with Gasteiger partial charge in [0.25, 0.3) is 0 Å². The highest BCUT2D eigenvalue weighted by atomic mass is 16.7. The molecule has 1 aromatic rings. The van der Waals surface area contributed by atoms with E-state index in [-0.39, 0.29) is 19.0 Å². The standard InChI is InChI=1S/C15H15NO4/c1-3-11(12(8-16)15(17)18-4-2)10-5-6-13-14(7-10)20-9-19-13/h5-7H,3-4,9H2,1-2H3/b12-11-. The van der Waals surface area contributed by atoms with Gasteiger partial charge in [0, 0.05) is 0 Å². The Balaban J connectivity index is 2.45. The third-order valence-electron chi connectivity index (χ3n) is 2.97. The van der Waals surface area contributed by atoms with Crippen LogP contribution in [0.5, 0.6) is 11.5 Å². The van der Waals surface area contributed by atoms with Gasteiger partial charge in [-0.2, -0.15) is 5.26 Å². The second kappa shape index (κ2) is 6.11. The number of allylic oxidation sites excluding steroid dienone is 1. The first kappa shape index (κ1) is 13.9. The fourth-order valence-corrected chi connectivity index (χ4v) is 2.05. The van der Waals surface area contributed by atoms with Gasteiger partial charge in [0.1, 0.15) is 11.6 Å². The second-order valence-electron chi connectivity index (χ2n) is 4.11. The predicted octanol–water partition coefficient (Wildman–Crippen LogP) is 2.67. The Kier molecular flexibility index (Phi) is 4.26. The van der Waals surface area contributed by atoms with Crippen molar-refractivity contribution in [1.29, 1.82) is 5.26 Å². The van der Waals surface area contributed by atoms with Crippen molar-refractivity contribution in [1.82, 2.24) is 0 Å². The summed E-state index contributed by atoms with van der Waals surface area (Å²) in [4.78, 5) is 11.8. The predicted molar refractivity (Wildman–Crippen MR) is 72.0 cm³/mol. The summed E-state index contributed by atoms with van der Waals surface area (Å²) in [6.45, 7) is 4.02. The number of fused-ring (bicyclic) bond motifs is 1. The zero-order chi connectivity index (χ0) is 14.5. The van der Waals surface area contributed by atoms with Gasteiger partial charge in [-0.05, 0) is 36.6 Å². The van der Waals surface area contributed by atoms with Gasteiger partial charge in [0.15, 0.2) is 11.5 Å². The number of esters is 1. The van der Waals surface area contributed by atoms with Crippen LogP contribution >= 0.6 is 0 Å². The Morgan fingerprint density at radius 3 is 2.75 bits per heavy atom. The molecule has 20 heavy (non-hydrogen) atoms. The first-order valence-electron chi connectivity index (χ1n) is 6.41. The largest absolute Gasteiger partial charge is 0.462 e. The molecule has 0 spiro atoms. The number of hydrogen-bond donors (Lipinski definition) is 0. The summed E-state index contributed by atoms with van der Waals surface area (Å²) in [6, 6.07) is 7.29. The van der Waals surface area contributed by atoms with Crippen molar-refractivity contribution >= 4 is 11.5 Å². The molecule has 0 saturated heterocycles. The highest BCUT2D eigenvalue weighted by Crippen LogP contribution is 2.35. The zero-order valence-electron chi connectivity index (χ0n) is 11.4. The van der Waals surface area contributed by atoms with Crippen LogP contribution in [0.3, 0.4) is 0 Å². The van der Waals surface area contributed by atoms with E-state index in [9.17, 15) is 10.1 Å².